The molecule has 0 rings (SSSR count). The zero-order valence-corrected chi connectivity index (χ0v) is 9.63. The van der Waals surface area contributed by atoms with E-state index < -0.39 is 16.3 Å². The zero-order chi connectivity index (χ0) is 11.2. The van der Waals surface area contributed by atoms with Gasteiger partial charge in [0.05, 0.1) is 6.07 Å². The second-order valence-electron chi connectivity index (χ2n) is 2.80. The number of hydrogen-bond donors (Lipinski definition) is 1. The van der Waals surface area contributed by atoms with Gasteiger partial charge in [-0.25, -0.2) is 0 Å². The molecule has 82 valence electrons. The minimum absolute atomic E-state index is 0.410. The Kier molecular flexibility index (Phi) is 5.69. The summed E-state index contributed by atoms with van der Waals surface area (Å²) >= 11 is 0. The first-order valence-electron chi connectivity index (χ1n) is 4.68. The third-order valence-corrected chi connectivity index (χ3v) is 3.68. The molecule has 0 aliphatic carbocycles. The van der Waals surface area contributed by atoms with Crippen molar-refractivity contribution in [1.82, 2.24) is 9.03 Å². The van der Waals surface area contributed by atoms with Gasteiger partial charge in [0.2, 0.25) is 0 Å². The molecule has 0 amide bonds. The van der Waals surface area contributed by atoms with Crippen LogP contribution in [0.4, 0.5) is 0 Å². The lowest BCUT2D eigenvalue weighted by atomic mass is 10.3. The van der Waals surface area contributed by atoms with Crippen molar-refractivity contribution in [2.45, 2.75) is 33.2 Å². The standard InChI is InChI=1S/C8H17N3O2S/c1-4-8(7-9)10-14(12,13)11(5-2)6-3/h8,10H,4-6H2,1-3H3. The van der Waals surface area contributed by atoms with Gasteiger partial charge in [0, 0.05) is 13.1 Å². The largest absolute Gasteiger partial charge is 0.280 e. The summed E-state index contributed by atoms with van der Waals surface area (Å²) in [5, 5.41) is 8.62. The number of nitriles is 1. The first-order valence-corrected chi connectivity index (χ1v) is 6.12. The SMILES string of the molecule is CCC(C#N)NS(=O)(=O)N(CC)CC. The van der Waals surface area contributed by atoms with Gasteiger partial charge in [0.25, 0.3) is 10.2 Å². The van der Waals surface area contributed by atoms with Gasteiger partial charge >= 0.3 is 0 Å². The highest BCUT2D eigenvalue weighted by Gasteiger charge is 2.21. The second kappa shape index (κ2) is 5.96. The Hall–Kier alpha value is -0.640. The van der Waals surface area contributed by atoms with Crippen LogP contribution in [0.1, 0.15) is 27.2 Å². The molecule has 5 nitrogen and oxygen atoms in total. The van der Waals surface area contributed by atoms with E-state index in [0.29, 0.717) is 19.5 Å². The van der Waals surface area contributed by atoms with E-state index in [2.05, 4.69) is 4.72 Å². The Morgan fingerprint density at radius 2 is 1.86 bits per heavy atom. The number of rotatable bonds is 6. The number of hydrogen-bond acceptors (Lipinski definition) is 3. The molecule has 0 spiro atoms. The predicted molar refractivity (Wildman–Crippen MR) is 54.7 cm³/mol. The van der Waals surface area contributed by atoms with Crippen molar-refractivity contribution in [2.75, 3.05) is 13.1 Å². The third-order valence-electron chi connectivity index (χ3n) is 1.90. The molecular formula is C8H17N3O2S. The lowest BCUT2D eigenvalue weighted by Crippen LogP contribution is -2.44. The van der Waals surface area contributed by atoms with Crippen LogP contribution in [0.15, 0.2) is 0 Å². The number of nitrogens with zero attached hydrogens (tertiary/aromatic N) is 2. The predicted octanol–water partition coefficient (Wildman–Crippen LogP) is 0.465. The van der Waals surface area contributed by atoms with Crippen LogP contribution in [-0.2, 0) is 10.2 Å². The summed E-state index contributed by atoms with van der Waals surface area (Å²) in [5.41, 5.74) is 0. The zero-order valence-electron chi connectivity index (χ0n) is 8.82. The summed E-state index contributed by atoms with van der Waals surface area (Å²) in [7, 11) is -3.49. The van der Waals surface area contributed by atoms with Crippen molar-refractivity contribution in [3.8, 4) is 6.07 Å². The number of nitrogens with one attached hydrogen (secondary N) is 1. The Bertz CT molecular complexity index is 290. The quantitative estimate of drug-likeness (QED) is 0.705. The average molecular weight is 219 g/mol. The van der Waals surface area contributed by atoms with E-state index in [4.69, 9.17) is 5.26 Å². The second-order valence-corrected chi connectivity index (χ2v) is 4.50. The van der Waals surface area contributed by atoms with Crippen LogP contribution in [0.5, 0.6) is 0 Å². The van der Waals surface area contributed by atoms with Gasteiger partial charge in [0.1, 0.15) is 6.04 Å². The maximum Gasteiger partial charge on any atom is 0.280 e. The van der Waals surface area contributed by atoms with Crippen molar-refractivity contribution < 1.29 is 8.42 Å². The van der Waals surface area contributed by atoms with Crippen LogP contribution in [0, 0.1) is 11.3 Å². The molecule has 0 aliphatic rings. The molecule has 0 aromatic carbocycles. The van der Waals surface area contributed by atoms with E-state index in [1.54, 1.807) is 20.8 Å². The highest BCUT2D eigenvalue weighted by Crippen LogP contribution is 2.00. The minimum Gasteiger partial charge on any atom is -0.197 e. The highest BCUT2D eigenvalue weighted by atomic mass is 32.2. The van der Waals surface area contributed by atoms with Crippen molar-refractivity contribution in [3.05, 3.63) is 0 Å². The van der Waals surface area contributed by atoms with Crippen molar-refractivity contribution >= 4 is 10.2 Å². The maximum absolute atomic E-state index is 11.6. The van der Waals surface area contributed by atoms with E-state index in [-0.39, 0.29) is 0 Å². The summed E-state index contributed by atoms with van der Waals surface area (Å²) in [6.45, 7) is 6.10. The molecule has 0 aliphatic heterocycles. The highest BCUT2D eigenvalue weighted by molar-refractivity contribution is 7.87. The normalized spacial score (nSPS) is 13.9. The summed E-state index contributed by atoms with van der Waals surface area (Å²) in [6, 6.07) is 1.26. The summed E-state index contributed by atoms with van der Waals surface area (Å²) in [5.74, 6) is 0. The van der Waals surface area contributed by atoms with Crippen LogP contribution in [0.3, 0.4) is 0 Å². The molecule has 0 saturated heterocycles. The molecule has 0 radical (unpaired) electrons. The smallest absolute Gasteiger partial charge is 0.197 e. The van der Waals surface area contributed by atoms with Crippen LogP contribution >= 0.6 is 0 Å². The molecule has 1 atom stereocenters. The molecule has 6 heteroatoms. The lowest BCUT2D eigenvalue weighted by Gasteiger charge is -2.20. The van der Waals surface area contributed by atoms with E-state index in [1.807, 2.05) is 6.07 Å². The van der Waals surface area contributed by atoms with Crippen molar-refractivity contribution in [1.29, 1.82) is 5.26 Å². The third kappa shape index (κ3) is 3.62. The average Bonchev–Trinajstić information content (AvgIpc) is 2.15. The van der Waals surface area contributed by atoms with Gasteiger partial charge in [-0.15, -0.1) is 0 Å². The fourth-order valence-electron chi connectivity index (χ4n) is 1.02. The first-order chi connectivity index (χ1) is 6.51. The molecular weight excluding hydrogens is 202 g/mol. The van der Waals surface area contributed by atoms with E-state index in [9.17, 15) is 8.42 Å². The Balaban J connectivity index is 4.56. The van der Waals surface area contributed by atoms with Gasteiger partial charge in [-0.1, -0.05) is 20.8 Å². The lowest BCUT2D eigenvalue weighted by molar-refractivity contribution is 0.430. The fourth-order valence-corrected chi connectivity index (χ4v) is 2.43. The maximum atomic E-state index is 11.6. The van der Waals surface area contributed by atoms with Crippen LogP contribution in [0.25, 0.3) is 0 Å². The first kappa shape index (κ1) is 13.4. The van der Waals surface area contributed by atoms with Gasteiger partial charge in [-0.2, -0.15) is 22.7 Å². The summed E-state index contributed by atoms with van der Waals surface area (Å²) in [6.07, 6.45) is 0.469. The molecule has 0 saturated carbocycles. The van der Waals surface area contributed by atoms with E-state index >= 15 is 0 Å². The van der Waals surface area contributed by atoms with Gasteiger partial charge < -0.3 is 0 Å². The van der Waals surface area contributed by atoms with E-state index in [1.165, 1.54) is 4.31 Å². The van der Waals surface area contributed by atoms with Crippen LogP contribution in [-0.4, -0.2) is 31.9 Å². The molecule has 14 heavy (non-hydrogen) atoms. The molecule has 0 aromatic rings. The topological polar surface area (TPSA) is 73.2 Å². The Labute approximate surface area is 85.9 Å². The Morgan fingerprint density at radius 3 is 2.14 bits per heavy atom. The minimum atomic E-state index is -3.49. The summed E-state index contributed by atoms with van der Waals surface area (Å²) < 4.78 is 26.8. The van der Waals surface area contributed by atoms with Crippen molar-refractivity contribution in [2.24, 2.45) is 0 Å². The van der Waals surface area contributed by atoms with E-state index in [0.717, 1.165) is 0 Å². The summed E-state index contributed by atoms with van der Waals surface area (Å²) in [4.78, 5) is 0. The van der Waals surface area contributed by atoms with Gasteiger partial charge in [-0.3, -0.25) is 0 Å². The van der Waals surface area contributed by atoms with Crippen LogP contribution < -0.4 is 4.72 Å². The molecule has 0 fully saturated rings. The molecule has 0 heterocycles. The fraction of sp³-hybridized carbons (Fsp3) is 0.875. The van der Waals surface area contributed by atoms with Crippen molar-refractivity contribution in [3.63, 3.8) is 0 Å². The molecule has 0 aromatic heterocycles. The Morgan fingerprint density at radius 1 is 1.36 bits per heavy atom. The van der Waals surface area contributed by atoms with Gasteiger partial charge in [0.15, 0.2) is 0 Å². The van der Waals surface area contributed by atoms with Crippen LogP contribution in [0.2, 0.25) is 0 Å². The molecule has 1 unspecified atom stereocenters. The molecule has 0 bridgehead atoms. The van der Waals surface area contributed by atoms with Gasteiger partial charge in [-0.05, 0) is 6.42 Å². The monoisotopic (exact) mass is 219 g/mol. The molecule has 1 N–H and O–H groups in total.